The van der Waals surface area contributed by atoms with E-state index < -0.39 is 30.0 Å². The molecule has 0 aromatic rings. The van der Waals surface area contributed by atoms with E-state index in [0.29, 0.717) is 11.5 Å². The lowest BCUT2D eigenvalue weighted by molar-refractivity contribution is -0.144. The Morgan fingerprint density at radius 3 is 2.88 bits per heavy atom. The Morgan fingerprint density at radius 2 is 2.19 bits per heavy atom. The zero-order valence-electron chi connectivity index (χ0n) is 14.5. The van der Waals surface area contributed by atoms with Crippen molar-refractivity contribution in [2.24, 2.45) is 10.9 Å². The number of imide groups is 1. The molecule has 9 nitrogen and oxygen atoms in total. The van der Waals surface area contributed by atoms with Crippen LogP contribution in [0, 0.1) is 5.92 Å². The van der Waals surface area contributed by atoms with Gasteiger partial charge in [0.2, 0.25) is 17.7 Å². The minimum atomic E-state index is -0.792. The summed E-state index contributed by atoms with van der Waals surface area (Å²) in [5, 5.41) is 4.84. The monoisotopic (exact) mass is 360 g/mol. The number of hydrogen-bond acceptors (Lipinski definition) is 6. The summed E-state index contributed by atoms with van der Waals surface area (Å²) in [5.74, 6) is -1.55. The van der Waals surface area contributed by atoms with Crippen molar-refractivity contribution in [3.8, 4) is 0 Å². The SMILES string of the molecule is CCOC(=O)NC1=CC=CC2N=C(C)N(C3CCC(=O)NC3=O)C(=O)C12. The maximum absolute atomic E-state index is 13.2. The highest BCUT2D eigenvalue weighted by atomic mass is 16.5. The number of nitrogens with zero attached hydrogens (tertiary/aromatic N) is 2. The smallest absolute Gasteiger partial charge is 0.411 e. The number of ether oxygens (including phenoxy) is 1. The van der Waals surface area contributed by atoms with Crippen molar-refractivity contribution >= 4 is 29.7 Å². The average molecular weight is 360 g/mol. The number of hydrogen-bond donors (Lipinski definition) is 2. The van der Waals surface area contributed by atoms with Crippen LogP contribution in [0.2, 0.25) is 0 Å². The molecule has 2 N–H and O–H groups in total. The number of nitrogens with one attached hydrogen (secondary N) is 2. The highest BCUT2D eigenvalue weighted by molar-refractivity contribution is 6.09. The predicted octanol–water partition coefficient (Wildman–Crippen LogP) is 0.237. The average Bonchev–Trinajstić information content (AvgIpc) is 2.56. The van der Waals surface area contributed by atoms with Gasteiger partial charge in [-0.15, -0.1) is 0 Å². The molecule has 1 aliphatic carbocycles. The molecular weight excluding hydrogens is 340 g/mol. The number of rotatable bonds is 3. The molecule has 3 rings (SSSR count). The van der Waals surface area contributed by atoms with Crippen molar-refractivity contribution in [1.29, 1.82) is 0 Å². The Kier molecular flexibility index (Phi) is 4.88. The van der Waals surface area contributed by atoms with Gasteiger partial charge in [0, 0.05) is 12.1 Å². The van der Waals surface area contributed by atoms with Gasteiger partial charge in [-0.1, -0.05) is 12.2 Å². The van der Waals surface area contributed by atoms with Gasteiger partial charge in [-0.05, 0) is 26.3 Å². The Labute approximate surface area is 150 Å². The van der Waals surface area contributed by atoms with E-state index in [9.17, 15) is 19.2 Å². The van der Waals surface area contributed by atoms with Crippen LogP contribution in [-0.2, 0) is 19.1 Å². The van der Waals surface area contributed by atoms with Gasteiger partial charge in [0.15, 0.2) is 0 Å². The van der Waals surface area contributed by atoms with Crippen molar-refractivity contribution in [3.63, 3.8) is 0 Å². The van der Waals surface area contributed by atoms with E-state index in [4.69, 9.17) is 4.74 Å². The zero-order valence-corrected chi connectivity index (χ0v) is 14.5. The molecule has 1 saturated heterocycles. The Balaban J connectivity index is 1.87. The lowest BCUT2D eigenvalue weighted by atomic mass is 9.87. The second-order valence-electron chi connectivity index (χ2n) is 6.17. The Hall–Kier alpha value is -2.97. The van der Waals surface area contributed by atoms with Gasteiger partial charge < -0.3 is 4.74 Å². The molecule has 26 heavy (non-hydrogen) atoms. The standard InChI is InChI=1S/C17H20N4O5/c1-3-26-17(25)19-11-6-4-5-10-14(11)16(24)21(9(2)18-10)12-7-8-13(22)20-15(12)23/h4-6,10,12,14H,3,7-8H2,1-2H3,(H,19,25)(H,20,22,23). The van der Waals surface area contributed by atoms with E-state index in [1.807, 2.05) is 0 Å². The molecular formula is C17H20N4O5. The molecule has 2 heterocycles. The van der Waals surface area contributed by atoms with Gasteiger partial charge in [-0.3, -0.25) is 34.9 Å². The summed E-state index contributed by atoms with van der Waals surface area (Å²) >= 11 is 0. The molecule has 0 spiro atoms. The van der Waals surface area contributed by atoms with E-state index in [1.165, 1.54) is 4.90 Å². The van der Waals surface area contributed by atoms with E-state index >= 15 is 0 Å². The molecule has 0 radical (unpaired) electrons. The summed E-state index contributed by atoms with van der Waals surface area (Å²) in [6.45, 7) is 3.54. The molecule has 3 unspecified atom stereocenters. The predicted molar refractivity (Wildman–Crippen MR) is 90.8 cm³/mol. The first-order chi connectivity index (χ1) is 12.4. The highest BCUT2D eigenvalue weighted by Gasteiger charge is 2.45. The molecule has 1 fully saturated rings. The van der Waals surface area contributed by atoms with Crippen LogP contribution in [0.3, 0.4) is 0 Å². The molecule has 138 valence electrons. The maximum atomic E-state index is 13.2. The summed E-state index contributed by atoms with van der Waals surface area (Å²) < 4.78 is 4.88. The number of amides is 4. The number of carbonyl (C=O) groups is 4. The van der Waals surface area contributed by atoms with E-state index in [1.54, 1.807) is 32.1 Å². The van der Waals surface area contributed by atoms with Crippen LogP contribution in [0.4, 0.5) is 4.79 Å². The lowest BCUT2D eigenvalue weighted by Crippen LogP contribution is -2.60. The third kappa shape index (κ3) is 3.24. The maximum Gasteiger partial charge on any atom is 0.411 e. The second kappa shape index (κ2) is 7.11. The van der Waals surface area contributed by atoms with Gasteiger partial charge in [0.25, 0.3) is 0 Å². The molecule has 3 atom stereocenters. The first kappa shape index (κ1) is 17.8. The number of amidine groups is 1. The fraction of sp³-hybridized carbons (Fsp3) is 0.471. The van der Waals surface area contributed by atoms with E-state index in [-0.39, 0.29) is 31.3 Å². The number of piperidine rings is 1. The van der Waals surface area contributed by atoms with Crippen LogP contribution in [-0.4, -0.2) is 53.2 Å². The molecule has 0 saturated carbocycles. The summed E-state index contributed by atoms with van der Waals surface area (Å²) in [7, 11) is 0. The number of alkyl carbamates (subject to hydrolysis) is 1. The normalized spacial score (nSPS) is 28.0. The molecule has 2 aliphatic heterocycles. The van der Waals surface area contributed by atoms with E-state index in [0.717, 1.165) is 0 Å². The Bertz CT molecular complexity index is 754. The van der Waals surface area contributed by atoms with Crippen LogP contribution in [0.5, 0.6) is 0 Å². The summed E-state index contributed by atoms with van der Waals surface area (Å²) in [5.41, 5.74) is 0.370. The molecule has 0 bridgehead atoms. The van der Waals surface area contributed by atoms with Crippen molar-refractivity contribution in [3.05, 3.63) is 23.9 Å². The summed E-state index contributed by atoms with van der Waals surface area (Å²) in [6.07, 6.45) is 4.85. The molecule has 3 aliphatic rings. The van der Waals surface area contributed by atoms with Gasteiger partial charge in [-0.25, -0.2) is 4.79 Å². The lowest BCUT2D eigenvalue weighted by Gasteiger charge is -2.40. The number of fused-ring (bicyclic) bond motifs is 1. The summed E-state index contributed by atoms with van der Waals surface area (Å²) in [4.78, 5) is 54.3. The van der Waals surface area contributed by atoms with Crippen LogP contribution in [0.1, 0.15) is 26.7 Å². The van der Waals surface area contributed by atoms with Gasteiger partial charge in [0.05, 0.1) is 12.6 Å². The zero-order chi connectivity index (χ0) is 18.8. The third-order valence-corrected chi connectivity index (χ3v) is 4.49. The van der Waals surface area contributed by atoms with Crippen LogP contribution < -0.4 is 10.6 Å². The largest absolute Gasteiger partial charge is 0.450 e. The van der Waals surface area contributed by atoms with E-state index in [2.05, 4.69) is 15.6 Å². The molecule has 0 aromatic heterocycles. The fourth-order valence-electron chi connectivity index (χ4n) is 3.37. The number of allylic oxidation sites excluding steroid dienone is 2. The highest BCUT2D eigenvalue weighted by Crippen LogP contribution is 2.30. The van der Waals surface area contributed by atoms with Crippen LogP contribution >= 0.6 is 0 Å². The minimum Gasteiger partial charge on any atom is -0.450 e. The van der Waals surface area contributed by atoms with Crippen molar-refractivity contribution in [1.82, 2.24) is 15.5 Å². The van der Waals surface area contributed by atoms with Crippen molar-refractivity contribution in [2.45, 2.75) is 38.8 Å². The quantitative estimate of drug-likeness (QED) is 0.699. The summed E-state index contributed by atoms with van der Waals surface area (Å²) in [6, 6.07) is -1.26. The first-order valence-corrected chi connectivity index (χ1v) is 8.45. The van der Waals surface area contributed by atoms with Crippen LogP contribution in [0.15, 0.2) is 28.9 Å². The molecule has 0 aromatic carbocycles. The minimum absolute atomic E-state index is 0.158. The topological polar surface area (TPSA) is 117 Å². The molecule has 4 amide bonds. The van der Waals surface area contributed by atoms with Gasteiger partial charge >= 0.3 is 6.09 Å². The van der Waals surface area contributed by atoms with Gasteiger partial charge in [0.1, 0.15) is 17.8 Å². The van der Waals surface area contributed by atoms with Crippen molar-refractivity contribution in [2.75, 3.05) is 6.61 Å². The molecule has 9 heteroatoms. The van der Waals surface area contributed by atoms with Gasteiger partial charge in [-0.2, -0.15) is 0 Å². The first-order valence-electron chi connectivity index (χ1n) is 8.45. The fourth-order valence-corrected chi connectivity index (χ4v) is 3.37. The second-order valence-corrected chi connectivity index (χ2v) is 6.17. The number of carbonyl (C=O) groups excluding carboxylic acids is 4. The third-order valence-electron chi connectivity index (χ3n) is 4.49. The van der Waals surface area contributed by atoms with Crippen LogP contribution in [0.25, 0.3) is 0 Å². The number of aliphatic imine (C=N–C) groups is 1. The Morgan fingerprint density at radius 1 is 1.42 bits per heavy atom. The van der Waals surface area contributed by atoms with Crippen molar-refractivity contribution < 1.29 is 23.9 Å².